The molecule has 0 aliphatic heterocycles. The lowest BCUT2D eigenvalue weighted by atomic mass is 10.1. The lowest BCUT2D eigenvalue weighted by Crippen LogP contribution is -2.36. The molecule has 0 unspecified atom stereocenters. The van der Waals surface area contributed by atoms with E-state index >= 15 is 0 Å². The summed E-state index contributed by atoms with van der Waals surface area (Å²) in [4.78, 5) is 14.7. The minimum atomic E-state index is -0.0699. The lowest BCUT2D eigenvalue weighted by molar-refractivity contribution is 0.0686. The number of rotatable bonds is 7. The second-order valence-corrected chi connectivity index (χ2v) is 6.64. The smallest absolute Gasteiger partial charge is 0.254 e. The fourth-order valence-corrected chi connectivity index (χ4v) is 2.92. The molecule has 0 saturated carbocycles. The summed E-state index contributed by atoms with van der Waals surface area (Å²) >= 11 is 0. The van der Waals surface area contributed by atoms with Crippen molar-refractivity contribution in [2.24, 2.45) is 0 Å². The van der Waals surface area contributed by atoms with Crippen LogP contribution in [0.4, 0.5) is 0 Å². The van der Waals surface area contributed by atoms with Gasteiger partial charge in [-0.3, -0.25) is 4.79 Å². The van der Waals surface area contributed by atoms with E-state index in [1.54, 1.807) is 43.4 Å². The fraction of sp³-hybridized carbons (Fsp3) is 0.273. The molecule has 0 atom stereocenters. The van der Waals surface area contributed by atoms with Gasteiger partial charge in [-0.15, -0.1) is 0 Å². The zero-order valence-electron chi connectivity index (χ0n) is 16.5. The number of aromatic nitrogens is 1. The summed E-state index contributed by atoms with van der Waals surface area (Å²) in [5, 5.41) is 4.15. The van der Waals surface area contributed by atoms with Gasteiger partial charge in [-0.2, -0.15) is 0 Å². The highest BCUT2D eigenvalue weighted by molar-refractivity contribution is 5.94. The van der Waals surface area contributed by atoms with Crippen molar-refractivity contribution >= 4 is 5.91 Å². The Bertz CT molecular complexity index is 932. The molecule has 6 nitrogen and oxygen atoms in total. The second kappa shape index (κ2) is 8.61. The van der Waals surface area contributed by atoms with E-state index in [1.165, 1.54) is 0 Å². The molecule has 0 aliphatic rings. The van der Waals surface area contributed by atoms with E-state index in [1.807, 2.05) is 44.2 Å². The van der Waals surface area contributed by atoms with E-state index in [9.17, 15) is 4.79 Å². The predicted molar refractivity (Wildman–Crippen MR) is 106 cm³/mol. The number of carbonyl (C=O) groups is 1. The van der Waals surface area contributed by atoms with Crippen LogP contribution in [-0.2, 0) is 6.54 Å². The first kappa shape index (κ1) is 19.5. The van der Waals surface area contributed by atoms with Crippen molar-refractivity contribution in [3.63, 3.8) is 0 Å². The largest absolute Gasteiger partial charge is 0.497 e. The van der Waals surface area contributed by atoms with Gasteiger partial charge in [0.2, 0.25) is 0 Å². The van der Waals surface area contributed by atoms with E-state index in [2.05, 4.69) is 5.16 Å². The third-order valence-corrected chi connectivity index (χ3v) is 4.48. The number of para-hydroxylation sites is 1. The molecule has 146 valence electrons. The zero-order chi connectivity index (χ0) is 20.1. The van der Waals surface area contributed by atoms with Gasteiger partial charge in [-0.25, -0.2) is 0 Å². The molecule has 0 radical (unpaired) electrons. The van der Waals surface area contributed by atoms with Crippen LogP contribution in [0.25, 0.3) is 11.3 Å². The molecule has 3 aromatic rings. The SMILES string of the molecule is COc1ccc(C(=O)N(Cc2cc(-c3ccccc3OC)on2)C(C)C)cc1. The van der Waals surface area contributed by atoms with Crippen molar-refractivity contribution in [3.05, 3.63) is 65.9 Å². The molecule has 2 aromatic carbocycles. The number of hydrogen-bond donors (Lipinski definition) is 0. The summed E-state index contributed by atoms with van der Waals surface area (Å²) in [5.41, 5.74) is 2.10. The van der Waals surface area contributed by atoms with Crippen molar-refractivity contribution in [1.29, 1.82) is 0 Å². The van der Waals surface area contributed by atoms with Gasteiger partial charge in [0.05, 0.1) is 26.3 Å². The van der Waals surface area contributed by atoms with Gasteiger partial charge in [0.25, 0.3) is 5.91 Å². The average molecular weight is 380 g/mol. The van der Waals surface area contributed by atoms with Crippen LogP contribution < -0.4 is 9.47 Å². The van der Waals surface area contributed by atoms with E-state index in [0.29, 0.717) is 35.1 Å². The molecule has 28 heavy (non-hydrogen) atoms. The number of benzene rings is 2. The van der Waals surface area contributed by atoms with Gasteiger partial charge in [-0.1, -0.05) is 17.3 Å². The van der Waals surface area contributed by atoms with Crippen LogP contribution in [0.5, 0.6) is 11.5 Å². The molecule has 0 spiro atoms. The third-order valence-electron chi connectivity index (χ3n) is 4.48. The monoisotopic (exact) mass is 380 g/mol. The minimum Gasteiger partial charge on any atom is -0.497 e. The quantitative estimate of drug-likeness (QED) is 0.607. The molecule has 3 rings (SSSR count). The number of hydrogen-bond acceptors (Lipinski definition) is 5. The molecule has 1 heterocycles. The van der Waals surface area contributed by atoms with Gasteiger partial charge in [0.15, 0.2) is 5.76 Å². The van der Waals surface area contributed by atoms with Gasteiger partial charge in [-0.05, 0) is 50.2 Å². The maximum Gasteiger partial charge on any atom is 0.254 e. The normalized spacial score (nSPS) is 10.8. The zero-order valence-corrected chi connectivity index (χ0v) is 16.5. The summed E-state index contributed by atoms with van der Waals surface area (Å²) in [6.07, 6.45) is 0. The fourth-order valence-electron chi connectivity index (χ4n) is 2.92. The summed E-state index contributed by atoms with van der Waals surface area (Å²) in [6.45, 7) is 4.30. The second-order valence-electron chi connectivity index (χ2n) is 6.64. The Balaban J connectivity index is 1.81. The van der Waals surface area contributed by atoms with Crippen LogP contribution >= 0.6 is 0 Å². The van der Waals surface area contributed by atoms with Gasteiger partial charge in [0, 0.05) is 17.7 Å². The van der Waals surface area contributed by atoms with Crippen molar-refractivity contribution in [2.45, 2.75) is 26.4 Å². The van der Waals surface area contributed by atoms with Crippen LogP contribution in [0.2, 0.25) is 0 Å². The molecule has 0 bridgehead atoms. The van der Waals surface area contributed by atoms with Crippen molar-refractivity contribution < 1.29 is 18.8 Å². The van der Waals surface area contributed by atoms with Gasteiger partial charge >= 0.3 is 0 Å². The molecule has 0 fully saturated rings. The van der Waals surface area contributed by atoms with Crippen molar-refractivity contribution in [3.8, 4) is 22.8 Å². The highest BCUT2D eigenvalue weighted by Crippen LogP contribution is 2.30. The molecular weight excluding hydrogens is 356 g/mol. The topological polar surface area (TPSA) is 64.8 Å². The van der Waals surface area contributed by atoms with Crippen LogP contribution in [0.15, 0.2) is 59.1 Å². The summed E-state index contributed by atoms with van der Waals surface area (Å²) < 4.78 is 16.0. The molecule has 6 heteroatoms. The number of ether oxygens (including phenoxy) is 2. The minimum absolute atomic E-state index is 0.000938. The summed E-state index contributed by atoms with van der Waals surface area (Å²) in [6, 6.07) is 16.5. The maximum absolute atomic E-state index is 13.0. The standard InChI is InChI=1S/C22H24N2O4/c1-15(2)24(22(25)16-9-11-18(26-3)12-10-16)14-17-13-21(28-23-17)19-7-5-6-8-20(19)27-4/h5-13,15H,14H2,1-4H3. The first-order chi connectivity index (χ1) is 13.5. The number of nitrogens with zero attached hydrogens (tertiary/aromatic N) is 2. The van der Waals surface area contributed by atoms with Crippen molar-refractivity contribution in [2.75, 3.05) is 14.2 Å². The molecule has 0 saturated heterocycles. The predicted octanol–water partition coefficient (Wildman–Crippen LogP) is 4.41. The third kappa shape index (κ3) is 4.17. The van der Waals surface area contributed by atoms with Crippen LogP contribution in [-0.4, -0.2) is 36.2 Å². The molecule has 1 amide bonds. The molecule has 1 aromatic heterocycles. The number of amides is 1. The summed E-state index contributed by atoms with van der Waals surface area (Å²) in [7, 11) is 3.21. The number of carbonyl (C=O) groups excluding carboxylic acids is 1. The Hall–Kier alpha value is -3.28. The Morgan fingerprint density at radius 2 is 1.79 bits per heavy atom. The Kier molecular flexibility index (Phi) is 5.99. The first-order valence-electron chi connectivity index (χ1n) is 9.07. The number of methoxy groups -OCH3 is 2. The maximum atomic E-state index is 13.0. The highest BCUT2D eigenvalue weighted by atomic mass is 16.5. The van der Waals surface area contributed by atoms with Crippen LogP contribution in [0.1, 0.15) is 29.9 Å². The van der Waals surface area contributed by atoms with E-state index in [0.717, 1.165) is 5.56 Å². The van der Waals surface area contributed by atoms with Crippen LogP contribution in [0, 0.1) is 0 Å². The highest BCUT2D eigenvalue weighted by Gasteiger charge is 2.21. The Morgan fingerprint density at radius 1 is 1.07 bits per heavy atom. The molecule has 0 N–H and O–H groups in total. The van der Waals surface area contributed by atoms with E-state index in [4.69, 9.17) is 14.0 Å². The van der Waals surface area contributed by atoms with Gasteiger partial charge in [0.1, 0.15) is 17.2 Å². The summed E-state index contributed by atoms with van der Waals surface area (Å²) in [5.74, 6) is 1.96. The van der Waals surface area contributed by atoms with Crippen molar-refractivity contribution in [1.82, 2.24) is 10.1 Å². The van der Waals surface area contributed by atoms with E-state index < -0.39 is 0 Å². The Labute approximate surface area is 164 Å². The average Bonchev–Trinajstić information content (AvgIpc) is 3.20. The molecular formula is C22H24N2O4. The first-order valence-corrected chi connectivity index (χ1v) is 9.07. The van der Waals surface area contributed by atoms with E-state index in [-0.39, 0.29) is 11.9 Å². The molecule has 0 aliphatic carbocycles. The van der Waals surface area contributed by atoms with Crippen LogP contribution in [0.3, 0.4) is 0 Å². The van der Waals surface area contributed by atoms with Gasteiger partial charge < -0.3 is 18.9 Å². The lowest BCUT2D eigenvalue weighted by Gasteiger charge is -2.26. The Morgan fingerprint density at radius 3 is 2.43 bits per heavy atom.